The van der Waals surface area contributed by atoms with Crippen molar-refractivity contribution in [1.29, 1.82) is 0 Å². The molecule has 0 fully saturated rings. The van der Waals surface area contributed by atoms with Gasteiger partial charge in [0.05, 0.1) is 0 Å². The van der Waals surface area contributed by atoms with E-state index in [1.54, 1.807) is 24.3 Å². The Morgan fingerprint density at radius 3 is 2.71 bits per heavy atom. The quantitative estimate of drug-likeness (QED) is 0.708. The van der Waals surface area contributed by atoms with E-state index in [0.29, 0.717) is 23.2 Å². The summed E-state index contributed by atoms with van der Waals surface area (Å²) in [7, 11) is 0. The summed E-state index contributed by atoms with van der Waals surface area (Å²) in [6.07, 6.45) is 3.14. The molecule has 0 saturated carbocycles. The largest absolute Gasteiger partial charge is 0.478 e. The van der Waals surface area contributed by atoms with E-state index in [4.69, 9.17) is 21.2 Å². The van der Waals surface area contributed by atoms with E-state index in [0.717, 1.165) is 22.8 Å². The van der Waals surface area contributed by atoms with E-state index >= 15 is 0 Å². The number of benzene rings is 2. The van der Waals surface area contributed by atoms with Crippen molar-refractivity contribution in [1.82, 2.24) is 10.1 Å². The highest BCUT2D eigenvalue weighted by atomic mass is 35.5. The lowest BCUT2D eigenvalue weighted by Crippen LogP contribution is -1.90. The van der Waals surface area contributed by atoms with E-state index in [9.17, 15) is 4.79 Å². The van der Waals surface area contributed by atoms with Crippen LogP contribution in [0, 0.1) is 0 Å². The summed E-state index contributed by atoms with van der Waals surface area (Å²) >= 11 is 5.97. The molecule has 1 aromatic heterocycles. The molecule has 2 aromatic carbocycles. The van der Waals surface area contributed by atoms with Gasteiger partial charge >= 0.3 is 5.97 Å². The third-order valence-electron chi connectivity index (χ3n) is 3.30. The van der Waals surface area contributed by atoms with Crippen molar-refractivity contribution in [2.24, 2.45) is 0 Å². The SMILES string of the molecule is O=C(O)/C=C/c1ccc(-c2nc(Cc3cccc(Cl)c3)no2)cc1. The Hall–Kier alpha value is -2.92. The van der Waals surface area contributed by atoms with Crippen LogP contribution < -0.4 is 0 Å². The molecule has 0 amide bonds. The van der Waals surface area contributed by atoms with Crippen LogP contribution in [0.25, 0.3) is 17.5 Å². The molecule has 0 saturated heterocycles. The van der Waals surface area contributed by atoms with E-state index in [-0.39, 0.29) is 0 Å². The number of hydrogen-bond donors (Lipinski definition) is 1. The molecule has 6 heteroatoms. The minimum Gasteiger partial charge on any atom is -0.478 e. The van der Waals surface area contributed by atoms with Gasteiger partial charge in [0.15, 0.2) is 5.82 Å². The molecule has 0 unspecified atom stereocenters. The van der Waals surface area contributed by atoms with Crippen LogP contribution >= 0.6 is 11.6 Å². The number of rotatable bonds is 5. The standard InChI is InChI=1S/C18H13ClN2O3/c19-15-3-1-2-13(10-15)11-16-20-18(24-21-16)14-7-4-12(5-8-14)6-9-17(22)23/h1-10H,11H2,(H,22,23)/b9-6+. The number of hydrogen-bond acceptors (Lipinski definition) is 4. The van der Waals surface area contributed by atoms with Crippen molar-refractivity contribution in [2.45, 2.75) is 6.42 Å². The first-order valence-electron chi connectivity index (χ1n) is 7.18. The monoisotopic (exact) mass is 340 g/mol. The number of halogens is 1. The maximum atomic E-state index is 10.5. The van der Waals surface area contributed by atoms with Gasteiger partial charge in [-0.1, -0.05) is 41.0 Å². The molecule has 0 aliphatic carbocycles. The Kier molecular flexibility index (Phi) is 4.72. The number of carboxylic acid groups (broad SMARTS) is 1. The fourth-order valence-corrected chi connectivity index (χ4v) is 2.39. The highest BCUT2D eigenvalue weighted by Crippen LogP contribution is 2.20. The molecule has 0 bridgehead atoms. The number of nitrogens with zero attached hydrogens (tertiary/aromatic N) is 2. The second kappa shape index (κ2) is 7.10. The van der Waals surface area contributed by atoms with Crippen LogP contribution in [-0.2, 0) is 11.2 Å². The average molecular weight is 341 g/mol. The molecule has 0 atom stereocenters. The summed E-state index contributed by atoms with van der Waals surface area (Å²) < 4.78 is 5.28. The number of carboxylic acids is 1. The zero-order valence-electron chi connectivity index (χ0n) is 12.5. The smallest absolute Gasteiger partial charge is 0.328 e. The normalized spacial score (nSPS) is 11.0. The summed E-state index contributed by atoms with van der Waals surface area (Å²) in [6, 6.07) is 14.7. The van der Waals surface area contributed by atoms with E-state index in [1.807, 2.05) is 24.3 Å². The molecule has 0 aliphatic heterocycles. The van der Waals surface area contributed by atoms with Crippen molar-refractivity contribution < 1.29 is 14.4 Å². The number of carbonyl (C=O) groups is 1. The van der Waals surface area contributed by atoms with Gasteiger partial charge in [0, 0.05) is 23.1 Å². The first-order chi connectivity index (χ1) is 11.6. The van der Waals surface area contributed by atoms with Crippen LogP contribution in [0.2, 0.25) is 5.02 Å². The summed E-state index contributed by atoms with van der Waals surface area (Å²) in [4.78, 5) is 14.9. The molecule has 0 aliphatic rings. The maximum absolute atomic E-state index is 10.5. The topological polar surface area (TPSA) is 76.2 Å². The first kappa shape index (κ1) is 16.0. The Balaban J connectivity index is 1.74. The predicted molar refractivity (Wildman–Crippen MR) is 90.7 cm³/mol. The third-order valence-corrected chi connectivity index (χ3v) is 3.53. The molecule has 3 rings (SSSR count). The average Bonchev–Trinajstić information content (AvgIpc) is 3.02. The van der Waals surface area contributed by atoms with Crippen molar-refractivity contribution in [3.8, 4) is 11.5 Å². The van der Waals surface area contributed by atoms with Crippen molar-refractivity contribution in [3.05, 3.63) is 76.6 Å². The zero-order valence-corrected chi connectivity index (χ0v) is 13.3. The van der Waals surface area contributed by atoms with Crippen molar-refractivity contribution in [2.75, 3.05) is 0 Å². The second-order valence-corrected chi connectivity index (χ2v) is 5.55. The maximum Gasteiger partial charge on any atom is 0.328 e. The second-order valence-electron chi connectivity index (χ2n) is 5.12. The molecule has 1 heterocycles. The fourth-order valence-electron chi connectivity index (χ4n) is 2.18. The summed E-state index contributed by atoms with van der Waals surface area (Å²) in [5.41, 5.74) is 2.55. The van der Waals surface area contributed by atoms with Crippen LogP contribution in [0.1, 0.15) is 17.0 Å². The summed E-state index contributed by atoms with van der Waals surface area (Å²) in [6.45, 7) is 0. The lowest BCUT2D eigenvalue weighted by atomic mass is 10.1. The fraction of sp³-hybridized carbons (Fsp3) is 0.0556. The Labute approximate surface area is 143 Å². The van der Waals surface area contributed by atoms with Gasteiger partial charge in [-0.05, 0) is 41.5 Å². The van der Waals surface area contributed by atoms with Gasteiger partial charge in [-0.2, -0.15) is 4.98 Å². The highest BCUT2D eigenvalue weighted by Gasteiger charge is 2.09. The van der Waals surface area contributed by atoms with Crippen LogP contribution in [0.4, 0.5) is 0 Å². The van der Waals surface area contributed by atoms with Gasteiger partial charge in [0.1, 0.15) is 0 Å². The Bertz CT molecular complexity index is 885. The van der Waals surface area contributed by atoms with E-state index in [1.165, 1.54) is 6.08 Å². The summed E-state index contributed by atoms with van der Waals surface area (Å²) in [5.74, 6) is 0.00421. The molecule has 24 heavy (non-hydrogen) atoms. The highest BCUT2D eigenvalue weighted by molar-refractivity contribution is 6.30. The molecule has 120 valence electrons. The zero-order chi connectivity index (χ0) is 16.9. The molecule has 0 radical (unpaired) electrons. The molecule has 1 N–H and O–H groups in total. The molecule has 3 aromatic rings. The van der Waals surface area contributed by atoms with Crippen molar-refractivity contribution >= 4 is 23.6 Å². The van der Waals surface area contributed by atoms with Crippen LogP contribution in [-0.4, -0.2) is 21.2 Å². The minimum absolute atomic E-state index is 0.417. The van der Waals surface area contributed by atoms with E-state index < -0.39 is 5.97 Å². The van der Waals surface area contributed by atoms with Gasteiger partial charge in [-0.15, -0.1) is 0 Å². The molecular formula is C18H13ClN2O3. The Morgan fingerprint density at radius 1 is 1.21 bits per heavy atom. The lowest BCUT2D eigenvalue weighted by Gasteiger charge is -1.97. The van der Waals surface area contributed by atoms with Gasteiger partial charge < -0.3 is 9.63 Å². The molecule has 5 nitrogen and oxygen atoms in total. The van der Waals surface area contributed by atoms with Gasteiger partial charge in [-0.3, -0.25) is 0 Å². The first-order valence-corrected chi connectivity index (χ1v) is 7.56. The Morgan fingerprint density at radius 2 is 2.00 bits per heavy atom. The third kappa shape index (κ3) is 4.08. The predicted octanol–water partition coefficient (Wildman–Crippen LogP) is 4.08. The minimum atomic E-state index is -0.985. The van der Waals surface area contributed by atoms with Crippen LogP contribution in [0.5, 0.6) is 0 Å². The van der Waals surface area contributed by atoms with E-state index in [2.05, 4.69) is 10.1 Å². The van der Waals surface area contributed by atoms with Crippen LogP contribution in [0.15, 0.2) is 59.1 Å². The summed E-state index contributed by atoms with van der Waals surface area (Å²) in [5, 5.41) is 13.3. The molecule has 0 spiro atoms. The lowest BCUT2D eigenvalue weighted by molar-refractivity contribution is -0.131. The van der Waals surface area contributed by atoms with Gasteiger partial charge in [-0.25, -0.2) is 4.79 Å². The van der Waals surface area contributed by atoms with Crippen LogP contribution in [0.3, 0.4) is 0 Å². The van der Waals surface area contributed by atoms with Gasteiger partial charge in [0.25, 0.3) is 5.89 Å². The van der Waals surface area contributed by atoms with Crippen molar-refractivity contribution in [3.63, 3.8) is 0 Å². The number of aliphatic carboxylic acids is 1. The number of aromatic nitrogens is 2. The molecular weight excluding hydrogens is 328 g/mol. The van der Waals surface area contributed by atoms with Gasteiger partial charge in [0.2, 0.25) is 0 Å².